The lowest BCUT2D eigenvalue weighted by molar-refractivity contribution is -0.129. The van der Waals surface area contributed by atoms with Crippen LogP contribution in [-0.4, -0.2) is 5.78 Å². The van der Waals surface area contributed by atoms with Gasteiger partial charge in [0.15, 0.2) is 0 Å². The Bertz CT molecular complexity index is 307. The van der Waals surface area contributed by atoms with Gasteiger partial charge in [-0.15, -0.1) is 6.58 Å². The summed E-state index contributed by atoms with van der Waals surface area (Å²) >= 11 is 0. The molecule has 2 aliphatic rings. The maximum absolute atomic E-state index is 12.0. The topological polar surface area (TPSA) is 17.1 Å². The van der Waals surface area contributed by atoms with Crippen molar-refractivity contribution in [3.05, 3.63) is 12.7 Å². The van der Waals surface area contributed by atoms with E-state index in [1.54, 1.807) is 0 Å². The molecule has 0 N–H and O–H groups in total. The first-order valence-corrected chi connectivity index (χ1v) is 7.76. The van der Waals surface area contributed by atoms with Crippen LogP contribution in [-0.2, 0) is 4.79 Å². The average molecular weight is 248 g/mol. The molecule has 2 rings (SSSR count). The summed E-state index contributed by atoms with van der Waals surface area (Å²) in [5, 5.41) is 0. The number of carbonyl (C=O) groups excluding carboxylic acids is 1. The van der Waals surface area contributed by atoms with Gasteiger partial charge in [0.1, 0.15) is 5.78 Å². The lowest BCUT2D eigenvalue weighted by atomic mass is 9.57. The number of rotatable bonds is 4. The molecule has 1 heteroatoms. The third kappa shape index (κ3) is 2.70. The molecule has 0 aromatic carbocycles. The van der Waals surface area contributed by atoms with Gasteiger partial charge in [-0.3, -0.25) is 4.79 Å². The predicted molar refractivity (Wildman–Crippen MR) is 76.3 cm³/mol. The van der Waals surface area contributed by atoms with Crippen LogP contribution in [0.1, 0.15) is 58.8 Å². The highest BCUT2D eigenvalue weighted by Crippen LogP contribution is 2.50. The van der Waals surface area contributed by atoms with Crippen LogP contribution in [0, 0.1) is 29.6 Å². The number of fused-ring (bicyclic) bond motifs is 1. The van der Waals surface area contributed by atoms with Crippen molar-refractivity contribution in [2.75, 3.05) is 0 Å². The second-order valence-corrected chi connectivity index (χ2v) is 6.57. The number of carbonyl (C=O) groups is 1. The Balaban J connectivity index is 2.12. The molecule has 102 valence electrons. The minimum atomic E-state index is 0.323. The van der Waals surface area contributed by atoms with Crippen LogP contribution in [0.2, 0.25) is 0 Å². The largest absolute Gasteiger partial charge is 0.300 e. The van der Waals surface area contributed by atoms with E-state index in [-0.39, 0.29) is 0 Å². The molecule has 0 aromatic heterocycles. The van der Waals surface area contributed by atoms with Crippen molar-refractivity contribution in [1.82, 2.24) is 0 Å². The Hall–Kier alpha value is -0.590. The molecule has 5 unspecified atom stereocenters. The van der Waals surface area contributed by atoms with Crippen LogP contribution in [0.5, 0.6) is 0 Å². The van der Waals surface area contributed by atoms with Crippen molar-refractivity contribution in [2.45, 2.75) is 58.8 Å². The van der Waals surface area contributed by atoms with Gasteiger partial charge in [-0.05, 0) is 56.3 Å². The molecule has 2 fully saturated rings. The third-order valence-corrected chi connectivity index (χ3v) is 5.53. The van der Waals surface area contributed by atoms with E-state index < -0.39 is 0 Å². The second kappa shape index (κ2) is 6.04. The second-order valence-electron chi connectivity index (χ2n) is 6.57. The number of hydrogen-bond donors (Lipinski definition) is 0. The zero-order valence-electron chi connectivity index (χ0n) is 12.0. The predicted octanol–water partition coefficient (Wildman–Crippen LogP) is 4.62. The number of allylic oxidation sites excluding steroid dienone is 1. The van der Waals surface area contributed by atoms with Crippen LogP contribution in [0.3, 0.4) is 0 Å². The van der Waals surface area contributed by atoms with Crippen molar-refractivity contribution in [3.63, 3.8) is 0 Å². The molecule has 5 atom stereocenters. The normalized spacial score (nSPS) is 40.0. The van der Waals surface area contributed by atoms with Gasteiger partial charge < -0.3 is 0 Å². The van der Waals surface area contributed by atoms with Crippen LogP contribution in [0.4, 0.5) is 0 Å². The van der Waals surface area contributed by atoms with Crippen LogP contribution in [0.15, 0.2) is 12.7 Å². The zero-order valence-corrected chi connectivity index (χ0v) is 12.0. The van der Waals surface area contributed by atoms with E-state index in [1.165, 1.54) is 38.5 Å². The Morgan fingerprint density at radius 2 is 2.06 bits per heavy atom. The van der Waals surface area contributed by atoms with Crippen molar-refractivity contribution < 1.29 is 4.79 Å². The van der Waals surface area contributed by atoms with E-state index in [1.807, 2.05) is 13.0 Å². The zero-order chi connectivity index (χ0) is 13.1. The molecule has 0 heterocycles. The highest BCUT2D eigenvalue weighted by atomic mass is 16.1. The standard InChI is InChI=1S/C17H28O/c1-4-5-8-15-11-14-9-6-7-10-16(14)12(2)17(15)13(3)18/h4,12,14-17H,1,5-11H2,2-3H3. The lowest BCUT2D eigenvalue weighted by Gasteiger charge is -2.47. The quantitative estimate of drug-likeness (QED) is 0.663. The van der Waals surface area contributed by atoms with Crippen molar-refractivity contribution >= 4 is 5.78 Å². The fraction of sp³-hybridized carbons (Fsp3) is 0.824. The Morgan fingerprint density at radius 1 is 1.33 bits per heavy atom. The molecule has 2 aliphatic carbocycles. The Morgan fingerprint density at radius 3 is 2.72 bits per heavy atom. The fourth-order valence-corrected chi connectivity index (χ4v) is 4.78. The summed E-state index contributed by atoms with van der Waals surface area (Å²) in [6, 6.07) is 0. The molecule has 0 radical (unpaired) electrons. The molecule has 0 aliphatic heterocycles. The monoisotopic (exact) mass is 248 g/mol. The summed E-state index contributed by atoms with van der Waals surface area (Å²) in [7, 11) is 0. The summed E-state index contributed by atoms with van der Waals surface area (Å²) in [6.45, 7) is 7.98. The molecular formula is C17H28O. The van der Waals surface area contributed by atoms with E-state index in [2.05, 4.69) is 13.5 Å². The summed E-state index contributed by atoms with van der Waals surface area (Å²) in [6.07, 6.45) is 11.1. The molecule has 1 nitrogen and oxygen atoms in total. The minimum Gasteiger partial charge on any atom is -0.300 e. The highest BCUT2D eigenvalue weighted by molar-refractivity contribution is 5.79. The van der Waals surface area contributed by atoms with Crippen LogP contribution >= 0.6 is 0 Å². The molecule has 2 saturated carbocycles. The van der Waals surface area contributed by atoms with Crippen LogP contribution in [0.25, 0.3) is 0 Å². The molecule has 0 amide bonds. The maximum atomic E-state index is 12.0. The first kappa shape index (κ1) is 13.8. The van der Waals surface area contributed by atoms with E-state index in [0.717, 1.165) is 18.3 Å². The van der Waals surface area contributed by atoms with Gasteiger partial charge in [0.25, 0.3) is 0 Å². The Labute approximate surface area is 112 Å². The molecule has 0 bridgehead atoms. The van der Waals surface area contributed by atoms with Gasteiger partial charge in [0, 0.05) is 5.92 Å². The van der Waals surface area contributed by atoms with Crippen LogP contribution < -0.4 is 0 Å². The summed E-state index contributed by atoms with van der Waals surface area (Å²) in [4.78, 5) is 12.0. The average Bonchev–Trinajstić information content (AvgIpc) is 2.36. The Kier molecular flexibility index (Phi) is 4.64. The summed E-state index contributed by atoms with van der Waals surface area (Å²) < 4.78 is 0. The number of hydrogen-bond acceptors (Lipinski definition) is 1. The molecule has 18 heavy (non-hydrogen) atoms. The van der Waals surface area contributed by atoms with Crippen molar-refractivity contribution in [3.8, 4) is 0 Å². The van der Waals surface area contributed by atoms with Gasteiger partial charge >= 0.3 is 0 Å². The molecule has 0 saturated heterocycles. The summed E-state index contributed by atoms with van der Waals surface area (Å²) in [5.74, 6) is 3.71. The summed E-state index contributed by atoms with van der Waals surface area (Å²) in [5.41, 5.74) is 0. The minimum absolute atomic E-state index is 0.323. The van der Waals surface area contributed by atoms with Crippen molar-refractivity contribution in [1.29, 1.82) is 0 Å². The van der Waals surface area contributed by atoms with E-state index >= 15 is 0 Å². The number of Topliss-reactive ketones (excluding diaryl/α,β-unsaturated/α-hetero) is 1. The van der Waals surface area contributed by atoms with E-state index in [9.17, 15) is 4.79 Å². The van der Waals surface area contributed by atoms with E-state index in [4.69, 9.17) is 0 Å². The highest BCUT2D eigenvalue weighted by Gasteiger charge is 2.44. The third-order valence-electron chi connectivity index (χ3n) is 5.53. The van der Waals surface area contributed by atoms with Gasteiger partial charge in [0.2, 0.25) is 0 Å². The van der Waals surface area contributed by atoms with Crippen molar-refractivity contribution in [2.24, 2.45) is 29.6 Å². The molecule has 0 spiro atoms. The maximum Gasteiger partial charge on any atom is 0.133 e. The first-order valence-electron chi connectivity index (χ1n) is 7.76. The SMILES string of the molecule is C=CCCC1CC2CCCCC2C(C)C1C(C)=O. The lowest BCUT2D eigenvalue weighted by Crippen LogP contribution is -2.43. The number of ketones is 1. The fourth-order valence-electron chi connectivity index (χ4n) is 4.78. The van der Waals surface area contributed by atoms with Gasteiger partial charge in [-0.2, -0.15) is 0 Å². The van der Waals surface area contributed by atoms with Gasteiger partial charge in [-0.25, -0.2) is 0 Å². The molecule has 0 aromatic rings. The molecular weight excluding hydrogens is 220 g/mol. The van der Waals surface area contributed by atoms with Gasteiger partial charge in [-0.1, -0.05) is 32.3 Å². The smallest absolute Gasteiger partial charge is 0.133 e. The van der Waals surface area contributed by atoms with E-state index in [0.29, 0.717) is 23.5 Å². The van der Waals surface area contributed by atoms with Gasteiger partial charge in [0.05, 0.1) is 0 Å². The first-order chi connectivity index (χ1) is 8.65.